The van der Waals surface area contributed by atoms with Gasteiger partial charge in [0.05, 0.1) is 5.41 Å². The number of piperidine rings is 1. The molecule has 0 unspecified atom stereocenters. The summed E-state index contributed by atoms with van der Waals surface area (Å²) in [6.45, 7) is 16.0. The SMILES string of the molecule is CCNCCN(CC)C1CCN(OC(=O)C(C)(C)C)CC1. The van der Waals surface area contributed by atoms with Gasteiger partial charge in [-0.1, -0.05) is 13.8 Å². The van der Waals surface area contributed by atoms with Gasteiger partial charge in [0.15, 0.2) is 0 Å². The maximum absolute atomic E-state index is 11.9. The molecule has 1 rings (SSSR count). The second kappa shape index (κ2) is 8.71. The predicted molar refractivity (Wildman–Crippen MR) is 85.9 cm³/mol. The largest absolute Gasteiger partial charge is 0.367 e. The smallest absolute Gasteiger partial charge is 0.330 e. The fourth-order valence-corrected chi connectivity index (χ4v) is 2.55. The molecule has 124 valence electrons. The molecule has 0 aliphatic carbocycles. The Balaban J connectivity index is 2.35. The van der Waals surface area contributed by atoms with Crippen molar-refractivity contribution >= 4 is 5.97 Å². The van der Waals surface area contributed by atoms with Crippen molar-refractivity contribution in [1.29, 1.82) is 0 Å². The Kier molecular flexibility index (Phi) is 7.63. The van der Waals surface area contributed by atoms with E-state index in [1.165, 1.54) is 0 Å². The molecule has 1 N–H and O–H groups in total. The molecule has 1 saturated heterocycles. The first-order valence-electron chi connectivity index (χ1n) is 8.30. The molecule has 0 aromatic rings. The second-order valence-corrected chi connectivity index (χ2v) is 6.77. The van der Waals surface area contributed by atoms with Gasteiger partial charge in [-0.2, -0.15) is 0 Å². The first kappa shape index (κ1) is 18.4. The first-order valence-corrected chi connectivity index (χ1v) is 8.30. The van der Waals surface area contributed by atoms with Crippen LogP contribution in [-0.4, -0.2) is 61.2 Å². The van der Waals surface area contributed by atoms with Crippen LogP contribution in [0.1, 0.15) is 47.5 Å². The average Bonchev–Trinajstić information content (AvgIpc) is 2.44. The van der Waals surface area contributed by atoms with E-state index in [-0.39, 0.29) is 5.97 Å². The number of likely N-dealkylation sites (N-methyl/N-ethyl adjacent to an activating group) is 2. The van der Waals surface area contributed by atoms with Gasteiger partial charge in [0.1, 0.15) is 0 Å². The van der Waals surface area contributed by atoms with E-state index >= 15 is 0 Å². The van der Waals surface area contributed by atoms with Crippen LogP contribution in [0.25, 0.3) is 0 Å². The van der Waals surface area contributed by atoms with E-state index in [2.05, 4.69) is 24.1 Å². The highest BCUT2D eigenvalue weighted by molar-refractivity contribution is 5.75. The van der Waals surface area contributed by atoms with E-state index in [0.29, 0.717) is 6.04 Å². The first-order chi connectivity index (χ1) is 9.88. The number of hydroxylamine groups is 2. The highest BCUT2D eigenvalue weighted by atomic mass is 16.7. The molecular weight excluding hydrogens is 266 g/mol. The van der Waals surface area contributed by atoms with Gasteiger partial charge in [0, 0.05) is 32.2 Å². The van der Waals surface area contributed by atoms with E-state index in [9.17, 15) is 4.79 Å². The van der Waals surface area contributed by atoms with Gasteiger partial charge in [0.2, 0.25) is 0 Å². The molecule has 21 heavy (non-hydrogen) atoms. The van der Waals surface area contributed by atoms with Gasteiger partial charge >= 0.3 is 5.97 Å². The lowest BCUT2D eigenvalue weighted by Gasteiger charge is -2.37. The molecule has 0 amide bonds. The Morgan fingerprint density at radius 1 is 1.29 bits per heavy atom. The average molecular weight is 299 g/mol. The van der Waals surface area contributed by atoms with Crippen LogP contribution >= 0.6 is 0 Å². The van der Waals surface area contributed by atoms with E-state index < -0.39 is 5.41 Å². The topological polar surface area (TPSA) is 44.8 Å². The lowest BCUT2D eigenvalue weighted by molar-refractivity contribution is -0.206. The van der Waals surface area contributed by atoms with Gasteiger partial charge in [-0.05, 0) is 46.7 Å². The Morgan fingerprint density at radius 2 is 1.90 bits per heavy atom. The second-order valence-electron chi connectivity index (χ2n) is 6.77. The molecule has 1 heterocycles. The summed E-state index contributed by atoms with van der Waals surface area (Å²) in [4.78, 5) is 19.9. The quantitative estimate of drug-likeness (QED) is 0.727. The van der Waals surface area contributed by atoms with Crippen LogP contribution < -0.4 is 5.32 Å². The summed E-state index contributed by atoms with van der Waals surface area (Å²) < 4.78 is 0. The van der Waals surface area contributed by atoms with Crippen LogP contribution in [0.15, 0.2) is 0 Å². The Morgan fingerprint density at radius 3 is 2.38 bits per heavy atom. The molecule has 0 saturated carbocycles. The number of nitrogens with one attached hydrogen (secondary N) is 1. The van der Waals surface area contributed by atoms with Crippen LogP contribution in [0.5, 0.6) is 0 Å². The molecule has 0 aromatic carbocycles. The van der Waals surface area contributed by atoms with E-state index in [1.54, 1.807) is 0 Å². The van der Waals surface area contributed by atoms with Gasteiger partial charge < -0.3 is 10.2 Å². The van der Waals surface area contributed by atoms with Crippen LogP contribution in [0.3, 0.4) is 0 Å². The number of carbonyl (C=O) groups excluding carboxylic acids is 1. The molecule has 5 nitrogen and oxygen atoms in total. The lowest BCUT2D eigenvalue weighted by atomic mass is 9.98. The molecule has 0 aromatic heterocycles. The van der Waals surface area contributed by atoms with Crippen LogP contribution in [0, 0.1) is 5.41 Å². The maximum atomic E-state index is 11.9. The number of carbonyl (C=O) groups is 1. The zero-order chi connectivity index (χ0) is 15.9. The molecule has 0 bridgehead atoms. The standard InChI is InChI=1S/C16H33N3O2/c1-6-17-10-13-18(7-2)14-8-11-19(12-9-14)21-15(20)16(3,4)5/h14,17H,6-13H2,1-5H3. The van der Waals surface area contributed by atoms with Crippen molar-refractivity contribution in [2.24, 2.45) is 5.41 Å². The highest BCUT2D eigenvalue weighted by Gasteiger charge is 2.29. The summed E-state index contributed by atoms with van der Waals surface area (Å²) in [6.07, 6.45) is 2.13. The molecule has 0 spiro atoms. The molecule has 1 fully saturated rings. The lowest BCUT2D eigenvalue weighted by Crippen LogP contribution is -2.47. The van der Waals surface area contributed by atoms with Crippen LogP contribution in [-0.2, 0) is 9.63 Å². The zero-order valence-electron chi connectivity index (χ0n) is 14.4. The summed E-state index contributed by atoms with van der Waals surface area (Å²) in [6, 6.07) is 0.609. The van der Waals surface area contributed by atoms with Gasteiger partial charge in [-0.15, -0.1) is 5.06 Å². The maximum Gasteiger partial charge on any atom is 0.330 e. The number of hydrogen-bond donors (Lipinski definition) is 1. The highest BCUT2D eigenvalue weighted by Crippen LogP contribution is 2.20. The summed E-state index contributed by atoms with van der Waals surface area (Å²) in [7, 11) is 0. The number of rotatable bonds is 7. The fourth-order valence-electron chi connectivity index (χ4n) is 2.55. The monoisotopic (exact) mass is 299 g/mol. The van der Waals surface area contributed by atoms with E-state index in [0.717, 1.165) is 52.1 Å². The summed E-state index contributed by atoms with van der Waals surface area (Å²) in [5.74, 6) is -0.138. The third kappa shape index (κ3) is 6.32. The third-order valence-corrected chi connectivity index (χ3v) is 4.00. The van der Waals surface area contributed by atoms with E-state index in [4.69, 9.17) is 4.84 Å². The van der Waals surface area contributed by atoms with Crippen molar-refractivity contribution in [2.45, 2.75) is 53.5 Å². The van der Waals surface area contributed by atoms with E-state index in [1.807, 2.05) is 25.8 Å². The summed E-state index contributed by atoms with van der Waals surface area (Å²) in [5.41, 5.74) is -0.432. The minimum absolute atomic E-state index is 0.138. The van der Waals surface area contributed by atoms with Crippen LogP contribution in [0.2, 0.25) is 0 Å². The fraction of sp³-hybridized carbons (Fsp3) is 0.938. The molecule has 5 heteroatoms. The molecule has 1 aliphatic rings. The van der Waals surface area contributed by atoms with Crippen molar-refractivity contribution in [2.75, 3.05) is 39.3 Å². The molecule has 1 aliphatic heterocycles. The van der Waals surface area contributed by atoms with Gasteiger partial charge in [-0.25, -0.2) is 4.79 Å². The summed E-state index contributed by atoms with van der Waals surface area (Å²) in [5, 5.41) is 5.22. The Labute approximate surface area is 130 Å². The zero-order valence-corrected chi connectivity index (χ0v) is 14.4. The van der Waals surface area contributed by atoms with Crippen molar-refractivity contribution in [1.82, 2.24) is 15.3 Å². The van der Waals surface area contributed by atoms with Gasteiger partial charge in [-0.3, -0.25) is 4.90 Å². The Hall–Kier alpha value is -0.650. The summed E-state index contributed by atoms with van der Waals surface area (Å²) >= 11 is 0. The number of hydrogen-bond acceptors (Lipinski definition) is 5. The van der Waals surface area contributed by atoms with Crippen molar-refractivity contribution in [3.8, 4) is 0 Å². The number of nitrogens with zero attached hydrogens (tertiary/aromatic N) is 2. The predicted octanol–water partition coefficient (Wildman–Crippen LogP) is 1.89. The van der Waals surface area contributed by atoms with Crippen LogP contribution in [0.4, 0.5) is 0 Å². The molecular formula is C16H33N3O2. The molecule has 0 atom stereocenters. The normalized spacial score (nSPS) is 18.2. The molecule has 0 radical (unpaired) electrons. The van der Waals surface area contributed by atoms with Crippen molar-refractivity contribution in [3.05, 3.63) is 0 Å². The third-order valence-electron chi connectivity index (χ3n) is 4.00. The van der Waals surface area contributed by atoms with Crippen molar-refractivity contribution in [3.63, 3.8) is 0 Å². The van der Waals surface area contributed by atoms with Crippen molar-refractivity contribution < 1.29 is 9.63 Å². The minimum Gasteiger partial charge on any atom is -0.367 e. The minimum atomic E-state index is -0.432. The Bertz CT molecular complexity index is 307. The van der Waals surface area contributed by atoms with Gasteiger partial charge in [0.25, 0.3) is 0 Å².